The minimum Gasteiger partial charge on any atom is -0.351 e. The molecule has 0 spiro atoms. The molecule has 0 heterocycles. The van der Waals surface area contributed by atoms with Gasteiger partial charge in [-0.05, 0) is 45.4 Å². The van der Waals surface area contributed by atoms with Crippen LogP contribution in [0.3, 0.4) is 0 Å². The van der Waals surface area contributed by atoms with Crippen LogP contribution in [0.5, 0.6) is 0 Å². The van der Waals surface area contributed by atoms with Gasteiger partial charge in [0, 0.05) is 24.1 Å². The minimum atomic E-state index is 0.0542. The molecule has 1 fully saturated rings. The summed E-state index contributed by atoms with van der Waals surface area (Å²) in [6.45, 7) is 5.76. The number of rotatable bonds is 5. The number of hydrogen-bond donors (Lipinski definition) is 2. The second-order valence-corrected chi connectivity index (χ2v) is 5.53. The summed E-state index contributed by atoms with van der Waals surface area (Å²) in [5.41, 5.74) is 3.27. The van der Waals surface area contributed by atoms with Crippen LogP contribution in [0.15, 0.2) is 18.2 Å². The number of hydrogen-bond acceptors (Lipinski definition) is 2. The molecule has 2 rings (SSSR count). The average molecular weight is 246 g/mol. The van der Waals surface area contributed by atoms with Crippen LogP contribution in [0.4, 0.5) is 0 Å². The quantitative estimate of drug-likeness (QED) is 0.834. The molecule has 98 valence electrons. The summed E-state index contributed by atoms with van der Waals surface area (Å²) in [4.78, 5) is 12.2. The van der Waals surface area contributed by atoms with Crippen LogP contribution in [0.1, 0.15) is 34.3 Å². The van der Waals surface area contributed by atoms with Crippen molar-refractivity contribution in [2.75, 3.05) is 20.1 Å². The molecule has 0 aromatic heterocycles. The van der Waals surface area contributed by atoms with Gasteiger partial charge in [0.25, 0.3) is 5.91 Å². The highest BCUT2D eigenvalue weighted by Crippen LogP contribution is 2.44. The van der Waals surface area contributed by atoms with Crippen molar-refractivity contribution in [3.05, 3.63) is 34.9 Å². The van der Waals surface area contributed by atoms with E-state index in [1.165, 1.54) is 12.8 Å². The van der Waals surface area contributed by atoms with Gasteiger partial charge in [-0.2, -0.15) is 0 Å². The van der Waals surface area contributed by atoms with Gasteiger partial charge in [-0.25, -0.2) is 0 Å². The van der Waals surface area contributed by atoms with Crippen molar-refractivity contribution in [1.82, 2.24) is 10.6 Å². The Bertz CT molecular complexity index is 450. The highest BCUT2D eigenvalue weighted by Gasteiger charge is 2.41. The lowest BCUT2D eigenvalue weighted by Gasteiger charge is -2.16. The number of nitrogens with one attached hydrogen (secondary N) is 2. The molecule has 1 aliphatic rings. The standard InChI is InChI=1S/C15H22N2O/c1-11-4-5-12(2)13(8-11)14(18)17-10-15(6-7-15)9-16-3/h4-5,8,16H,6-7,9-10H2,1-3H3,(H,17,18). The number of carbonyl (C=O) groups excluding carboxylic acids is 1. The molecule has 1 amide bonds. The molecule has 2 N–H and O–H groups in total. The predicted molar refractivity (Wildman–Crippen MR) is 73.8 cm³/mol. The highest BCUT2D eigenvalue weighted by atomic mass is 16.1. The van der Waals surface area contributed by atoms with Gasteiger partial charge in [0.05, 0.1) is 0 Å². The van der Waals surface area contributed by atoms with E-state index in [-0.39, 0.29) is 5.91 Å². The molecule has 0 unspecified atom stereocenters. The Labute approximate surface area is 109 Å². The van der Waals surface area contributed by atoms with Crippen molar-refractivity contribution in [3.63, 3.8) is 0 Å². The van der Waals surface area contributed by atoms with E-state index in [9.17, 15) is 4.79 Å². The number of aryl methyl sites for hydroxylation is 2. The third-order valence-corrected chi connectivity index (χ3v) is 3.77. The van der Waals surface area contributed by atoms with Crippen LogP contribution in [0.25, 0.3) is 0 Å². The lowest BCUT2D eigenvalue weighted by molar-refractivity contribution is 0.0944. The molecular formula is C15H22N2O. The average Bonchev–Trinajstić information content (AvgIpc) is 3.10. The molecule has 0 atom stereocenters. The van der Waals surface area contributed by atoms with E-state index in [2.05, 4.69) is 10.6 Å². The fourth-order valence-electron chi connectivity index (χ4n) is 2.31. The SMILES string of the molecule is CNCC1(CNC(=O)c2cc(C)ccc2C)CC1. The monoisotopic (exact) mass is 246 g/mol. The molecule has 3 nitrogen and oxygen atoms in total. The Morgan fingerprint density at radius 3 is 2.61 bits per heavy atom. The highest BCUT2D eigenvalue weighted by molar-refractivity contribution is 5.95. The first-order chi connectivity index (χ1) is 8.56. The maximum Gasteiger partial charge on any atom is 0.251 e. The molecule has 0 bridgehead atoms. The third kappa shape index (κ3) is 2.91. The van der Waals surface area contributed by atoms with Crippen LogP contribution < -0.4 is 10.6 Å². The smallest absolute Gasteiger partial charge is 0.251 e. The van der Waals surface area contributed by atoms with E-state index in [1.807, 2.05) is 39.1 Å². The summed E-state index contributed by atoms with van der Waals surface area (Å²) in [5, 5.41) is 6.28. The van der Waals surface area contributed by atoms with E-state index >= 15 is 0 Å². The first-order valence-corrected chi connectivity index (χ1v) is 6.56. The second-order valence-electron chi connectivity index (χ2n) is 5.53. The summed E-state index contributed by atoms with van der Waals surface area (Å²) >= 11 is 0. The Kier molecular flexibility index (Phi) is 3.71. The molecule has 0 aliphatic heterocycles. The first-order valence-electron chi connectivity index (χ1n) is 6.56. The summed E-state index contributed by atoms with van der Waals surface area (Å²) in [6.07, 6.45) is 2.42. The van der Waals surface area contributed by atoms with Crippen LogP contribution >= 0.6 is 0 Å². The number of benzene rings is 1. The van der Waals surface area contributed by atoms with Crippen molar-refractivity contribution in [2.24, 2.45) is 5.41 Å². The van der Waals surface area contributed by atoms with Crippen LogP contribution in [-0.2, 0) is 0 Å². The first kappa shape index (κ1) is 13.1. The number of carbonyl (C=O) groups is 1. The topological polar surface area (TPSA) is 41.1 Å². The predicted octanol–water partition coefficient (Wildman–Crippen LogP) is 2.03. The van der Waals surface area contributed by atoms with E-state index < -0.39 is 0 Å². The molecule has 1 aromatic carbocycles. The van der Waals surface area contributed by atoms with Crippen LogP contribution in [0.2, 0.25) is 0 Å². The molecular weight excluding hydrogens is 224 g/mol. The van der Waals surface area contributed by atoms with Crippen molar-refractivity contribution in [3.8, 4) is 0 Å². The molecule has 0 saturated heterocycles. The zero-order chi connectivity index (χ0) is 13.2. The fraction of sp³-hybridized carbons (Fsp3) is 0.533. The lowest BCUT2D eigenvalue weighted by Crippen LogP contribution is -2.35. The van der Waals surface area contributed by atoms with Gasteiger partial charge in [-0.1, -0.05) is 17.7 Å². The van der Waals surface area contributed by atoms with Gasteiger partial charge in [-0.15, -0.1) is 0 Å². The Hall–Kier alpha value is -1.35. The lowest BCUT2D eigenvalue weighted by atomic mass is 10.0. The maximum atomic E-state index is 12.2. The Balaban J connectivity index is 1.98. The summed E-state index contributed by atoms with van der Waals surface area (Å²) in [7, 11) is 1.96. The molecule has 3 heteroatoms. The maximum absolute atomic E-state index is 12.2. The summed E-state index contributed by atoms with van der Waals surface area (Å²) in [6, 6.07) is 6.00. The van der Waals surface area contributed by atoms with E-state index in [1.54, 1.807) is 0 Å². The Morgan fingerprint density at radius 1 is 1.28 bits per heavy atom. The largest absolute Gasteiger partial charge is 0.351 e. The molecule has 1 saturated carbocycles. The van der Waals surface area contributed by atoms with Gasteiger partial charge in [0.2, 0.25) is 0 Å². The normalized spacial score (nSPS) is 16.4. The fourth-order valence-corrected chi connectivity index (χ4v) is 2.31. The number of amides is 1. The minimum absolute atomic E-state index is 0.0542. The van der Waals surface area contributed by atoms with Crippen molar-refractivity contribution in [1.29, 1.82) is 0 Å². The molecule has 18 heavy (non-hydrogen) atoms. The van der Waals surface area contributed by atoms with Crippen molar-refractivity contribution < 1.29 is 4.79 Å². The zero-order valence-corrected chi connectivity index (χ0v) is 11.5. The summed E-state index contributed by atoms with van der Waals surface area (Å²) < 4.78 is 0. The van der Waals surface area contributed by atoms with Gasteiger partial charge in [0.1, 0.15) is 0 Å². The molecule has 1 aliphatic carbocycles. The van der Waals surface area contributed by atoms with Gasteiger partial charge in [0.15, 0.2) is 0 Å². The van der Waals surface area contributed by atoms with Crippen molar-refractivity contribution >= 4 is 5.91 Å². The van der Waals surface area contributed by atoms with E-state index in [0.29, 0.717) is 5.41 Å². The van der Waals surface area contributed by atoms with Crippen LogP contribution in [-0.4, -0.2) is 26.0 Å². The van der Waals surface area contributed by atoms with Gasteiger partial charge in [-0.3, -0.25) is 4.79 Å². The Morgan fingerprint density at radius 2 is 2.00 bits per heavy atom. The molecule has 0 radical (unpaired) electrons. The van der Waals surface area contributed by atoms with Crippen LogP contribution in [0, 0.1) is 19.3 Å². The van der Waals surface area contributed by atoms with E-state index in [4.69, 9.17) is 0 Å². The molecule has 1 aromatic rings. The van der Waals surface area contributed by atoms with E-state index in [0.717, 1.165) is 29.8 Å². The van der Waals surface area contributed by atoms with Crippen molar-refractivity contribution in [2.45, 2.75) is 26.7 Å². The van der Waals surface area contributed by atoms with Gasteiger partial charge >= 0.3 is 0 Å². The summed E-state index contributed by atoms with van der Waals surface area (Å²) in [5.74, 6) is 0.0542. The zero-order valence-electron chi connectivity index (χ0n) is 11.5. The third-order valence-electron chi connectivity index (χ3n) is 3.77. The second kappa shape index (κ2) is 5.11. The van der Waals surface area contributed by atoms with Gasteiger partial charge < -0.3 is 10.6 Å².